The summed E-state index contributed by atoms with van der Waals surface area (Å²) in [4.78, 5) is 13.5. The average Bonchev–Trinajstić information content (AvgIpc) is 2.11. The number of carbonyl (C=O) groups is 1. The third kappa shape index (κ3) is 7.19. The minimum absolute atomic E-state index is 0.0424. The van der Waals surface area contributed by atoms with Crippen LogP contribution in [0.25, 0.3) is 0 Å². The number of methoxy groups -OCH3 is 1. The van der Waals surface area contributed by atoms with Crippen molar-refractivity contribution in [1.29, 1.82) is 0 Å². The Hall–Kier alpha value is -0.770. The van der Waals surface area contributed by atoms with Crippen LogP contribution in [0.5, 0.6) is 0 Å². The molecule has 90 valence electrons. The van der Waals surface area contributed by atoms with E-state index in [9.17, 15) is 4.79 Å². The molecule has 0 atom stereocenters. The molecule has 0 saturated carbocycles. The first-order chi connectivity index (χ1) is 6.97. The molecule has 0 aromatic carbocycles. The Labute approximate surface area is 93.0 Å². The summed E-state index contributed by atoms with van der Waals surface area (Å²) >= 11 is 0. The van der Waals surface area contributed by atoms with E-state index < -0.39 is 0 Å². The molecule has 0 heterocycles. The molecule has 0 bridgehead atoms. The Balaban J connectivity index is 4.14. The smallest absolute Gasteiger partial charge is 0.319 e. The molecular weight excluding hydrogens is 192 g/mol. The van der Waals surface area contributed by atoms with Crippen molar-refractivity contribution in [3.8, 4) is 0 Å². The number of ether oxygens (including phenoxy) is 1. The predicted molar refractivity (Wildman–Crippen MR) is 61.7 cm³/mol. The molecule has 15 heavy (non-hydrogen) atoms. The molecule has 2 amide bonds. The largest absolute Gasteiger partial charge is 0.364 e. The topological polar surface area (TPSA) is 41.6 Å². The second kappa shape index (κ2) is 7.51. The summed E-state index contributed by atoms with van der Waals surface area (Å²) in [6.07, 6.45) is 0. The standard InChI is InChI=1S/C11H24N2O2/c1-9(2)6-13(7-10(3)4)11(14)12-8-15-5/h9-10H,6-8H2,1-5H3,(H,12,14). The van der Waals surface area contributed by atoms with Gasteiger partial charge in [-0.2, -0.15) is 0 Å². The summed E-state index contributed by atoms with van der Waals surface area (Å²) in [5.74, 6) is 0.967. The van der Waals surface area contributed by atoms with Crippen molar-refractivity contribution >= 4 is 6.03 Å². The minimum atomic E-state index is -0.0424. The number of nitrogens with one attached hydrogen (secondary N) is 1. The monoisotopic (exact) mass is 216 g/mol. The van der Waals surface area contributed by atoms with E-state index in [-0.39, 0.29) is 12.8 Å². The van der Waals surface area contributed by atoms with Crippen LogP contribution in [0.3, 0.4) is 0 Å². The van der Waals surface area contributed by atoms with Crippen LogP contribution >= 0.6 is 0 Å². The highest BCUT2D eigenvalue weighted by Gasteiger charge is 2.15. The van der Waals surface area contributed by atoms with Gasteiger partial charge in [0.25, 0.3) is 0 Å². The molecule has 4 heteroatoms. The molecule has 0 spiro atoms. The van der Waals surface area contributed by atoms with E-state index in [1.165, 1.54) is 0 Å². The molecule has 0 unspecified atom stereocenters. The quantitative estimate of drug-likeness (QED) is 0.689. The summed E-state index contributed by atoms with van der Waals surface area (Å²) in [5, 5.41) is 2.71. The van der Waals surface area contributed by atoms with Crippen molar-refractivity contribution in [1.82, 2.24) is 10.2 Å². The number of urea groups is 1. The van der Waals surface area contributed by atoms with Crippen LogP contribution in [0.2, 0.25) is 0 Å². The van der Waals surface area contributed by atoms with E-state index in [1.54, 1.807) is 7.11 Å². The van der Waals surface area contributed by atoms with Gasteiger partial charge >= 0.3 is 6.03 Å². The third-order valence-electron chi connectivity index (χ3n) is 1.83. The minimum Gasteiger partial charge on any atom is -0.364 e. The maximum Gasteiger partial charge on any atom is 0.319 e. The zero-order valence-electron chi connectivity index (χ0n) is 10.5. The van der Waals surface area contributed by atoms with Crippen molar-refractivity contribution in [2.24, 2.45) is 11.8 Å². The molecule has 0 fully saturated rings. The maximum absolute atomic E-state index is 11.7. The fraction of sp³-hybridized carbons (Fsp3) is 0.909. The number of amides is 2. The number of hydrogen-bond acceptors (Lipinski definition) is 2. The van der Waals surface area contributed by atoms with Crippen molar-refractivity contribution < 1.29 is 9.53 Å². The van der Waals surface area contributed by atoms with Gasteiger partial charge in [0.15, 0.2) is 0 Å². The lowest BCUT2D eigenvalue weighted by molar-refractivity contribution is 0.146. The normalized spacial score (nSPS) is 10.9. The van der Waals surface area contributed by atoms with E-state index in [4.69, 9.17) is 4.74 Å². The first-order valence-electron chi connectivity index (χ1n) is 5.49. The molecule has 0 rings (SSSR count). The van der Waals surface area contributed by atoms with Gasteiger partial charge in [0.05, 0.1) is 0 Å². The molecular formula is C11H24N2O2. The molecule has 0 aliphatic rings. The van der Waals surface area contributed by atoms with Gasteiger partial charge < -0.3 is 15.0 Å². The van der Waals surface area contributed by atoms with E-state index >= 15 is 0 Å². The Bertz CT molecular complexity index is 171. The Morgan fingerprint density at radius 3 is 2.00 bits per heavy atom. The summed E-state index contributed by atoms with van der Waals surface area (Å²) < 4.78 is 4.81. The van der Waals surface area contributed by atoms with Crippen molar-refractivity contribution in [3.63, 3.8) is 0 Å². The zero-order valence-corrected chi connectivity index (χ0v) is 10.5. The van der Waals surface area contributed by atoms with E-state index in [2.05, 4.69) is 33.0 Å². The van der Waals surface area contributed by atoms with Crippen LogP contribution in [-0.4, -0.2) is 37.9 Å². The van der Waals surface area contributed by atoms with Crippen LogP contribution < -0.4 is 5.32 Å². The van der Waals surface area contributed by atoms with Crippen LogP contribution in [0.15, 0.2) is 0 Å². The highest BCUT2D eigenvalue weighted by molar-refractivity contribution is 5.74. The van der Waals surface area contributed by atoms with Gasteiger partial charge in [0.1, 0.15) is 6.73 Å². The molecule has 0 aromatic rings. The zero-order chi connectivity index (χ0) is 11.8. The van der Waals surface area contributed by atoms with Gasteiger partial charge in [-0.3, -0.25) is 0 Å². The van der Waals surface area contributed by atoms with Gasteiger partial charge in [-0.25, -0.2) is 4.79 Å². The first kappa shape index (κ1) is 14.2. The van der Waals surface area contributed by atoms with Crippen LogP contribution in [0.1, 0.15) is 27.7 Å². The molecule has 0 aromatic heterocycles. The summed E-state index contributed by atoms with van der Waals surface area (Å²) in [5.41, 5.74) is 0. The molecule has 0 saturated heterocycles. The van der Waals surface area contributed by atoms with Crippen molar-refractivity contribution in [2.75, 3.05) is 26.9 Å². The van der Waals surface area contributed by atoms with Gasteiger partial charge in [-0.05, 0) is 11.8 Å². The van der Waals surface area contributed by atoms with Gasteiger partial charge in [0.2, 0.25) is 0 Å². The van der Waals surface area contributed by atoms with Gasteiger partial charge in [-0.1, -0.05) is 27.7 Å². The maximum atomic E-state index is 11.7. The van der Waals surface area contributed by atoms with E-state index in [0.29, 0.717) is 11.8 Å². The molecule has 0 aliphatic heterocycles. The lowest BCUT2D eigenvalue weighted by Gasteiger charge is -2.26. The Kier molecular flexibility index (Phi) is 7.13. The van der Waals surface area contributed by atoms with Crippen molar-refractivity contribution in [2.45, 2.75) is 27.7 Å². The van der Waals surface area contributed by atoms with E-state index in [1.807, 2.05) is 4.90 Å². The molecule has 0 radical (unpaired) electrons. The van der Waals surface area contributed by atoms with Gasteiger partial charge in [-0.15, -0.1) is 0 Å². The van der Waals surface area contributed by atoms with Gasteiger partial charge in [0, 0.05) is 20.2 Å². The second-order valence-electron chi connectivity index (χ2n) is 4.61. The lowest BCUT2D eigenvalue weighted by atomic mass is 10.1. The van der Waals surface area contributed by atoms with Crippen LogP contribution in [-0.2, 0) is 4.74 Å². The highest BCUT2D eigenvalue weighted by Crippen LogP contribution is 2.03. The number of hydrogen-bond donors (Lipinski definition) is 1. The highest BCUT2D eigenvalue weighted by atomic mass is 16.5. The second-order valence-corrected chi connectivity index (χ2v) is 4.61. The van der Waals surface area contributed by atoms with Crippen LogP contribution in [0, 0.1) is 11.8 Å². The molecule has 1 N–H and O–H groups in total. The summed E-state index contributed by atoms with van der Waals surface area (Å²) in [6, 6.07) is -0.0424. The SMILES string of the molecule is COCNC(=O)N(CC(C)C)CC(C)C. The summed E-state index contributed by atoms with van der Waals surface area (Å²) in [6.45, 7) is 10.3. The molecule has 4 nitrogen and oxygen atoms in total. The third-order valence-corrected chi connectivity index (χ3v) is 1.83. The number of nitrogens with zero attached hydrogens (tertiary/aromatic N) is 1. The fourth-order valence-corrected chi connectivity index (χ4v) is 1.37. The fourth-order valence-electron chi connectivity index (χ4n) is 1.37. The lowest BCUT2D eigenvalue weighted by Crippen LogP contribution is -2.44. The number of rotatable bonds is 6. The van der Waals surface area contributed by atoms with E-state index in [0.717, 1.165) is 13.1 Å². The number of carbonyl (C=O) groups excluding carboxylic acids is 1. The summed E-state index contributed by atoms with van der Waals surface area (Å²) in [7, 11) is 1.56. The molecule has 0 aliphatic carbocycles. The Morgan fingerprint density at radius 1 is 1.20 bits per heavy atom. The Morgan fingerprint density at radius 2 is 1.67 bits per heavy atom. The predicted octanol–water partition coefficient (Wildman–Crippen LogP) is 1.91. The van der Waals surface area contributed by atoms with Crippen molar-refractivity contribution in [3.05, 3.63) is 0 Å². The average molecular weight is 216 g/mol. The first-order valence-corrected chi connectivity index (χ1v) is 5.49. The van der Waals surface area contributed by atoms with Crippen LogP contribution in [0.4, 0.5) is 4.79 Å².